The standard InChI is InChI=1S/C13H27N2O5PS/c1-6-13(2,8-22-5)11(12(17)18)15(19)10(16)7-14-9-21(3,4)20/h11,14,19H,6-9H2,1-5H3,(H,17,18). The van der Waals surface area contributed by atoms with Crippen molar-refractivity contribution in [2.45, 2.75) is 26.3 Å². The highest BCUT2D eigenvalue weighted by atomic mass is 32.2. The summed E-state index contributed by atoms with van der Waals surface area (Å²) in [5.74, 6) is -1.50. The summed E-state index contributed by atoms with van der Waals surface area (Å²) in [7, 11) is -2.33. The zero-order valence-corrected chi connectivity index (χ0v) is 15.5. The molecule has 0 aromatic heterocycles. The number of aliphatic carboxylic acids is 1. The first-order valence-corrected chi connectivity index (χ1v) is 11.1. The van der Waals surface area contributed by atoms with Crippen LogP contribution in [0.4, 0.5) is 0 Å². The lowest BCUT2D eigenvalue weighted by Gasteiger charge is -2.37. The van der Waals surface area contributed by atoms with Crippen LogP contribution < -0.4 is 5.32 Å². The predicted octanol–water partition coefficient (Wildman–Crippen LogP) is 1.61. The minimum Gasteiger partial charge on any atom is -0.480 e. The molecule has 3 N–H and O–H groups in total. The summed E-state index contributed by atoms with van der Waals surface area (Å²) in [5, 5.41) is 22.5. The molecule has 0 aliphatic carbocycles. The molecular formula is C13H27N2O5PS. The lowest BCUT2D eigenvalue weighted by molar-refractivity contribution is -0.195. The molecule has 2 unspecified atom stereocenters. The number of carboxylic acid groups (broad SMARTS) is 1. The molecule has 0 aromatic carbocycles. The molecule has 0 aromatic rings. The molecule has 0 heterocycles. The topological polar surface area (TPSA) is 107 Å². The Morgan fingerprint density at radius 2 is 1.95 bits per heavy atom. The molecule has 1 amide bonds. The third-order valence-electron chi connectivity index (χ3n) is 3.44. The van der Waals surface area contributed by atoms with E-state index in [1.54, 1.807) is 20.3 Å². The number of carbonyl (C=O) groups is 2. The summed E-state index contributed by atoms with van der Waals surface area (Å²) in [6.45, 7) is 6.46. The molecule has 130 valence electrons. The van der Waals surface area contributed by atoms with Crippen molar-refractivity contribution in [2.24, 2.45) is 5.41 Å². The predicted molar refractivity (Wildman–Crippen MR) is 89.2 cm³/mol. The van der Waals surface area contributed by atoms with Crippen LogP contribution >= 0.6 is 18.9 Å². The maximum atomic E-state index is 12.0. The highest BCUT2D eigenvalue weighted by molar-refractivity contribution is 7.98. The van der Waals surface area contributed by atoms with Crippen molar-refractivity contribution in [3.05, 3.63) is 0 Å². The smallest absolute Gasteiger partial charge is 0.329 e. The highest BCUT2D eigenvalue weighted by Crippen LogP contribution is 2.34. The largest absolute Gasteiger partial charge is 0.480 e. The van der Waals surface area contributed by atoms with Gasteiger partial charge in [-0.15, -0.1) is 0 Å². The first-order chi connectivity index (χ1) is 9.98. The second-order valence-corrected chi connectivity index (χ2v) is 10.4. The number of hydroxylamine groups is 2. The van der Waals surface area contributed by atoms with Gasteiger partial charge in [-0.3, -0.25) is 10.0 Å². The van der Waals surface area contributed by atoms with E-state index < -0.39 is 30.5 Å². The lowest BCUT2D eigenvalue weighted by Crippen LogP contribution is -2.55. The van der Waals surface area contributed by atoms with Crippen molar-refractivity contribution in [3.8, 4) is 0 Å². The SMILES string of the molecule is CCC(C)(CSC)C(C(=O)O)N(O)C(=O)CNCP(C)(C)=O. The number of hydrogen-bond acceptors (Lipinski definition) is 6. The van der Waals surface area contributed by atoms with Gasteiger partial charge in [0.05, 0.1) is 13.7 Å². The van der Waals surface area contributed by atoms with Gasteiger partial charge in [-0.2, -0.15) is 11.8 Å². The van der Waals surface area contributed by atoms with E-state index in [1.807, 2.05) is 13.2 Å². The third kappa shape index (κ3) is 6.69. The Labute approximate surface area is 136 Å². The number of thioether (sulfide) groups is 1. The van der Waals surface area contributed by atoms with E-state index in [4.69, 9.17) is 0 Å². The van der Waals surface area contributed by atoms with Crippen LogP contribution in [0.3, 0.4) is 0 Å². The van der Waals surface area contributed by atoms with Crippen LogP contribution in [0.1, 0.15) is 20.3 Å². The molecule has 0 aliphatic rings. The second kappa shape index (κ2) is 8.91. The maximum Gasteiger partial charge on any atom is 0.329 e. The fraction of sp³-hybridized carbons (Fsp3) is 0.846. The summed E-state index contributed by atoms with van der Waals surface area (Å²) in [5.41, 5.74) is -0.750. The molecule has 9 heteroatoms. The van der Waals surface area contributed by atoms with Crippen molar-refractivity contribution in [2.75, 3.05) is 38.2 Å². The molecule has 0 saturated heterocycles. The first-order valence-electron chi connectivity index (χ1n) is 6.96. The molecule has 0 saturated carbocycles. The minimum atomic E-state index is -2.33. The quantitative estimate of drug-likeness (QED) is 0.311. The van der Waals surface area contributed by atoms with Crippen LogP contribution in [-0.4, -0.2) is 71.5 Å². The van der Waals surface area contributed by atoms with E-state index in [2.05, 4.69) is 5.32 Å². The summed E-state index contributed by atoms with van der Waals surface area (Å²) in [4.78, 5) is 23.5. The Bertz CT molecular complexity index is 442. The van der Waals surface area contributed by atoms with Crippen molar-refractivity contribution in [1.82, 2.24) is 10.4 Å². The monoisotopic (exact) mass is 354 g/mol. The molecule has 22 heavy (non-hydrogen) atoms. The van der Waals surface area contributed by atoms with Gasteiger partial charge in [0.15, 0.2) is 6.04 Å². The zero-order chi connectivity index (χ0) is 17.6. The molecule has 0 rings (SSSR count). The van der Waals surface area contributed by atoms with Crippen LogP contribution in [0.15, 0.2) is 0 Å². The highest BCUT2D eigenvalue weighted by Gasteiger charge is 2.43. The van der Waals surface area contributed by atoms with E-state index in [0.717, 1.165) is 0 Å². The van der Waals surface area contributed by atoms with E-state index in [1.165, 1.54) is 11.8 Å². The summed E-state index contributed by atoms with van der Waals surface area (Å²) < 4.78 is 11.6. The number of hydrogen-bond donors (Lipinski definition) is 3. The van der Waals surface area contributed by atoms with Crippen molar-refractivity contribution in [3.63, 3.8) is 0 Å². The normalized spacial score (nSPS) is 15.9. The Kier molecular flexibility index (Phi) is 8.69. The fourth-order valence-corrected chi connectivity index (χ4v) is 3.73. The zero-order valence-electron chi connectivity index (χ0n) is 13.8. The molecule has 7 nitrogen and oxygen atoms in total. The number of nitrogens with one attached hydrogen (secondary N) is 1. The Morgan fingerprint density at radius 3 is 2.32 bits per heavy atom. The van der Waals surface area contributed by atoms with Gasteiger partial charge in [-0.05, 0) is 26.0 Å². The number of carboxylic acids is 1. The van der Waals surface area contributed by atoms with Crippen LogP contribution in [0.5, 0.6) is 0 Å². The number of rotatable bonds is 10. The van der Waals surface area contributed by atoms with Gasteiger partial charge < -0.3 is 15.0 Å². The maximum absolute atomic E-state index is 12.0. The number of amides is 1. The van der Waals surface area contributed by atoms with Crippen LogP contribution in [0.2, 0.25) is 0 Å². The average molecular weight is 354 g/mol. The molecular weight excluding hydrogens is 327 g/mol. The molecule has 0 radical (unpaired) electrons. The van der Waals surface area contributed by atoms with Crippen molar-refractivity contribution in [1.29, 1.82) is 0 Å². The van der Waals surface area contributed by atoms with Crippen LogP contribution in [0.25, 0.3) is 0 Å². The number of nitrogens with zero attached hydrogens (tertiary/aromatic N) is 1. The minimum absolute atomic E-state index is 0.153. The van der Waals surface area contributed by atoms with E-state index >= 15 is 0 Å². The van der Waals surface area contributed by atoms with Gasteiger partial charge in [0, 0.05) is 17.5 Å². The Hall–Kier alpha value is -0.560. The lowest BCUT2D eigenvalue weighted by atomic mass is 9.81. The van der Waals surface area contributed by atoms with Crippen LogP contribution in [0, 0.1) is 5.41 Å². The molecule has 0 fully saturated rings. The summed E-state index contributed by atoms with van der Waals surface area (Å²) >= 11 is 1.46. The Balaban J connectivity index is 4.99. The fourth-order valence-electron chi connectivity index (χ4n) is 2.06. The molecule has 0 aliphatic heterocycles. The van der Waals surface area contributed by atoms with Gasteiger partial charge in [0.2, 0.25) is 0 Å². The first kappa shape index (κ1) is 21.4. The van der Waals surface area contributed by atoms with Gasteiger partial charge in [-0.25, -0.2) is 9.86 Å². The molecule has 0 bridgehead atoms. The van der Waals surface area contributed by atoms with Gasteiger partial charge in [-0.1, -0.05) is 13.8 Å². The van der Waals surface area contributed by atoms with E-state index in [-0.39, 0.29) is 12.8 Å². The average Bonchev–Trinajstić information content (AvgIpc) is 2.36. The Morgan fingerprint density at radius 1 is 1.41 bits per heavy atom. The van der Waals surface area contributed by atoms with Gasteiger partial charge in [0.1, 0.15) is 0 Å². The van der Waals surface area contributed by atoms with Crippen molar-refractivity contribution < 1.29 is 24.5 Å². The summed E-state index contributed by atoms with van der Waals surface area (Å²) in [6.07, 6.45) is 2.50. The second-order valence-electron chi connectivity index (χ2n) is 6.08. The van der Waals surface area contributed by atoms with Crippen LogP contribution in [-0.2, 0) is 14.2 Å². The third-order valence-corrected chi connectivity index (χ3v) is 5.38. The molecule has 0 spiro atoms. The van der Waals surface area contributed by atoms with E-state index in [0.29, 0.717) is 17.2 Å². The van der Waals surface area contributed by atoms with Gasteiger partial charge >= 0.3 is 5.97 Å². The van der Waals surface area contributed by atoms with Crippen molar-refractivity contribution >= 4 is 30.8 Å². The molecule has 2 atom stereocenters. The van der Waals surface area contributed by atoms with E-state index in [9.17, 15) is 24.5 Å². The van der Waals surface area contributed by atoms with Gasteiger partial charge in [0.25, 0.3) is 5.91 Å². The summed E-state index contributed by atoms with van der Waals surface area (Å²) in [6, 6.07) is -1.32. The number of carbonyl (C=O) groups excluding carboxylic acids is 1.